The molecule has 3 heterocycles. The van der Waals surface area contributed by atoms with Crippen LogP contribution in [0.25, 0.3) is 22.6 Å². The van der Waals surface area contributed by atoms with Gasteiger partial charge in [-0.2, -0.15) is 31.0 Å². The Morgan fingerprint density at radius 3 is 2.17 bits per heavy atom. The van der Waals surface area contributed by atoms with E-state index >= 15 is 0 Å². The van der Waals surface area contributed by atoms with E-state index < -0.39 is 55.5 Å². The lowest BCUT2D eigenvalue weighted by molar-refractivity contribution is -0.138. The van der Waals surface area contributed by atoms with Crippen molar-refractivity contribution in [1.29, 1.82) is 0 Å². The molecule has 0 bridgehead atoms. The van der Waals surface area contributed by atoms with Crippen molar-refractivity contribution in [3.8, 4) is 16.9 Å². The fourth-order valence-electron chi connectivity index (χ4n) is 3.57. The molecule has 0 radical (unpaired) electrons. The van der Waals surface area contributed by atoms with Crippen LogP contribution in [0.4, 0.5) is 26.3 Å². The predicted molar refractivity (Wildman–Crippen MR) is 116 cm³/mol. The van der Waals surface area contributed by atoms with Crippen molar-refractivity contribution in [2.45, 2.75) is 31.1 Å². The first-order valence-electron chi connectivity index (χ1n) is 10.2. The number of hydrogen-bond acceptors (Lipinski definition) is 5. The van der Waals surface area contributed by atoms with E-state index in [-0.39, 0.29) is 22.3 Å². The van der Waals surface area contributed by atoms with Crippen LogP contribution in [0.15, 0.2) is 58.5 Å². The van der Waals surface area contributed by atoms with Crippen LogP contribution in [0.1, 0.15) is 23.6 Å². The van der Waals surface area contributed by atoms with Crippen molar-refractivity contribution in [2.24, 2.45) is 0 Å². The topological polar surface area (TPSA) is 86.3 Å². The summed E-state index contributed by atoms with van der Waals surface area (Å²) in [5, 5.41) is 3.92. The maximum Gasteiger partial charge on any atom is 0.417 e. The fraction of sp³-hybridized carbons (Fsp3) is 0.227. The molecule has 0 spiro atoms. The van der Waals surface area contributed by atoms with Crippen LogP contribution in [0.3, 0.4) is 0 Å². The summed E-state index contributed by atoms with van der Waals surface area (Å²) in [4.78, 5) is 16.5. The van der Waals surface area contributed by atoms with Gasteiger partial charge in [-0.25, -0.2) is 22.6 Å². The van der Waals surface area contributed by atoms with Crippen LogP contribution >= 0.6 is 0 Å². The smallest absolute Gasteiger partial charge is 0.249 e. The van der Waals surface area contributed by atoms with Gasteiger partial charge in [-0.1, -0.05) is 13.0 Å². The number of benzene rings is 1. The minimum Gasteiger partial charge on any atom is -0.249 e. The molecule has 0 aliphatic carbocycles. The molecule has 0 N–H and O–H groups in total. The van der Waals surface area contributed by atoms with Gasteiger partial charge in [-0.3, -0.25) is 0 Å². The highest BCUT2D eigenvalue weighted by atomic mass is 32.2. The number of rotatable bonds is 4. The minimum atomic E-state index is -4.73. The van der Waals surface area contributed by atoms with Crippen LogP contribution in [0, 0.1) is 6.92 Å². The lowest BCUT2D eigenvalue weighted by atomic mass is 9.99. The monoisotopic (exact) mass is 530 g/mol. The first-order valence-corrected chi connectivity index (χ1v) is 11.9. The summed E-state index contributed by atoms with van der Waals surface area (Å²) >= 11 is 0. The van der Waals surface area contributed by atoms with E-state index in [1.807, 2.05) is 0 Å². The molecule has 36 heavy (non-hydrogen) atoms. The number of sulfone groups is 1. The number of alkyl halides is 6. The van der Waals surface area contributed by atoms with Crippen LogP contribution in [0.5, 0.6) is 0 Å². The van der Waals surface area contributed by atoms with Crippen molar-refractivity contribution in [1.82, 2.24) is 19.2 Å². The molecule has 0 atom stereocenters. The first kappa shape index (κ1) is 25.4. The summed E-state index contributed by atoms with van der Waals surface area (Å²) in [6.45, 7) is 2.74. The summed E-state index contributed by atoms with van der Waals surface area (Å²) in [6, 6.07) is 5.74. The number of pyridine rings is 2. The number of halogens is 6. The Kier molecular flexibility index (Phi) is 5.98. The predicted octanol–water partition coefficient (Wildman–Crippen LogP) is 4.69. The molecule has 0 saturated carbocycles. The van der Waals surface area contributed by atoms with Crippen molar-refractivity contribution >= 4 is 15.5 Å². The Hall–Kier alpha value is -3.68. The zero-order chi connectivity index (χ0) is 26.6. The number of nitrogens with zero attached hydrogens (tertiary/aromatic N) is 4. The molecule has 0 amide bonds. The lowest BCUT2D eigenvalue weighted by Gasteiger charge is -2.13. The zero-order valence-corrected chi connectivity index (χ0v) is 19.3. The Labute approximate surface area is 199 Å². The van der Waals surface area contributed by atoms with Gasteiger partial charge in [0.2, 0.25) is 0 Å². The van der Waals surface area contributed by atoms with E-state index in [2.05, 4.69) is 10.1 Å². The molecule has 4 rings (SSSR count). The van der Waals surface area contributed by atoms with Crippen molar-refractivity contribution in [2.75, 3.05) is 5.75 Å². The molecular weight excluding hydrogens is 514 g/mol. The normalized spacial score (nSPS) is 12.9. The Morgan fingerprint density at radius 2 is 1.58 bits per heavy atom. The molecule has 14 heteroatoms. The van der Waals surface area contributed by atoms with Gasteiger partial charge in [0.25, 0.3) is 0 Å². The van der Waals surface area contributed by atoms with Gasteiger partial charge in [0.05, 0.1) is 16.9 Å². The summed E-state index contributed by atoms with van der Waals surface area (Å²) < 4.78 is 105. The van der Waals surface area contributed by atoms with Gasteiger partial charge in [0.15, 0.2) is 21.3 Å². The second-order valence-corrected chi connectivity index (χ2v) is 10.1. The molecule has 0 saturated heterocycles. The first-order chi connectivity index (χ1) is 16.6. The number of aryl methyl sites for hydroxylation is 1. The molecule has 7 nitrogen and oxygen atoms in total. The maximum absolute atomic E-state index is 13.1. The zero-order valence-electron chi connectivity index (χ0n) is 18.5. The van der Waals surface area contributed by atoms with Gasteiger partial charge < -0.3 is 0 Å². The van der Waals surface area contributed by atoms with E-state index in [1.165, 1.54) is 19.9 Å². The molecule has 0 unspecified atom stereocenters. The van der Waals surface area contributed by atoms with Crippen LogP contribution in [-0.4, -0.2) is 33.3 Å². The van der Waals surface area contributed by atoms with Crippen molar-refractivity contribution in [3.63, 3.8) is 0 Å². The second-order valence-electron chi connectivity index (χ2n) is 7.81. The average molecular weight is 530 g/mol. The van der Waals surface area contributed by atoms with E-state index in [0.29, 0.717) is 15.3 Å². The molecule has 0 fully saturated rings. The summed E-state index contributed by atoms with van der Waals surface area (Å²) in [5.74, 6) is -0.871. The van der Waals surface area contributed by atoms with E-state index in [4.69, 9.17) is 0 Å². The number of aromatic nitrogens is 4. The third-order valence-electron chi connectivity index (χ3n) is 5.46. The van der Waals surface area contributed by atoms with Crippen LogP contribution in [0.2, 0.25) is 0 Å². The van der Waals surface area contributed by atoms with Gasteiger partial charge >= 0.3 is 18.0 Å². The van der Waals surface area contributed by atoms with Crippen molar-refractivity contribution in [3.05, 3.63) is 76.0 Å². The third kappa shape index (κ3) is 4.47. The highest BCUT2D eigenvalue weighted by Crippen LogP contribution is 2.34. The maximum atomic E-state index is 13.1. The van der Waals surface area contributed by atoms with E-state index in [1.54, 1.807) is 0 Å². The highest BCUT2D eigenvalue weighted by Gasteiger charge is 2.32. The third-order valence-corrected chi connectivity index (χ3v) is 7.19. The molecule has 3 aromatic heterocycles. The second kappa shape index (κ2) is 8.47. The molecule has 0 aliphatic heterocycles. The fourth-order valence-corrected chi connectivity index (χ4v) is 4.61. The average Bonchev–Trinajstić information content (AvgIpc) is 3.13. The van der Waals surface area contributed by atoms with E-state index in [0.717, 1.165) is 36.5 Å². The minimum absolute atomic E-state index is 0.160. The Balaban J connectivity index is 1.93. The molecule has 4 aromatic rings. The Bertz CT molecular complexity index is 1650. The Morgan fingerprint density at radius 1 is 0.944 bits per heavy atom. The summed E-state index contributed by atoms with van der Waals surface area (Å²) in [7, 11) is -4.07. The van der Waals surface area contributed by atoms with Gasteiger partial charge in [-0.05, 0) is 48.4 Å². The lowest BCUT2D eigenvalue weighted by Crippen LogP contribution is -2.23. The van der Waals surface area contributed by atoms with Crippen LogP contribution in [-0.2, 0) is 22.2 Å². The van der Waals surface area contributed by atoms with Crippen LogP contribution < -0.4 is 5.69 Å². The largest absolute Gasteiger partial charge is 0.417 e. The molecule has 0 aliphatic rings. The SMILES string of the molecule is CCS(=O)(=O)c1cc(-c2ccc(C(F)(F)F)cc2C)cnc1-n1nc2ccc(C(F)(F)F)cn2c1=O. The van der Waals surface area contributed by atoms with E-state index in [9.17, 15) is 39.6 Å². The quantitative estimate of drug-likeness (QED) is 0.358. The molecular formula is C22H16F6N4O3S. The molecule has 190 valence electrons. The van der Waals surface area contributed by atoms with Crippen molar-refractivity contribution < 1.29 is 34.8 Å². The number of hydrogen-bond donors (Lipinski definition) is 0. The number of fused-ring (bicyclic) bond motifs is 1. The van der Waals surface area contributed by atoms with Gasteiger partial charge in [0, 0.05) is 18.0 Å². The standard InChI is InChI=1S/C22H16F6N4O3S/c1-3-36(34,35)17-9-13(16-6-4-14(8-12(16)2)21(23,24)25)10-29-19(17)32-20(33)31-11-15(22(26,27)28)5-7-18(31)30-32/h4-11H,3H2,1-2H3. The molecule has 1 aromatic carbocycles. The summed E-state index contributed by atoms with van der Waals surface area (Å²) in [6.07, 6.45) is -7.61. The summed E-state index contributed by atoms with van der Waals surface area (Å²) in [5.41, 5.74) is -2.64. The van der Waals surface area contributed by atoms with Gasteiger partial charge in [0.1, 0.15) is 4.90 Å². The highest BCUT2D eigenvalue weighted by molar-refractivity contribution is 7.91. The van der Waals surface area contributed by atoms with Gasteiger partial charge in [-0.15, -0.1) is 5.10 Å².